The summed E-state index contributed by atoms with van der Waals surface area (Å²) in [6, 6.07) is 7.80. The van der Waals surface area contributed by atoms with Crippen LogP contribution in [0.4, 0.5) is 14.6 Å². The second-order valence-corrected chi connectivity index (χ2v) is 25.8. The summed E-state index contributed by atoms with van der Waals surface area (Å²) in [5.74, 6) is -3.69. The van der Waals surface area contributed by atoms with E-state index in [2.05, 4.69) is 31.2 Å². The van der Waals surface area contributed by atoms with E-state index in [1.165, 1.54) is 20.6 Å². The predicted molar refractivity (Wildman–Crippen MR) is 304 cm³/mol. The number of anilines is 1. The first-order valence-electron chi connectivity index (χ1n) is 27.3. The van der Waals surface area contributed by atoms with Gasteiger partial charge in [0.25, 0.3) is 17.4 Å². The number of thiazole rings is 1. The number of likely N-dealkylation sites (tertiary alicyclic amines) is 1. The highest BCUT2D eigenvalue weighted by Crippen LogP contribution is 2.47. The average molecular weight is 1140 g/mol. The smallest absolute Gasteiger partial charge is 0.260 e. The second-order valence-electron chi connectivity index (χ2n) is 22.8. The summed E-state index contributed by atoms with van der Waals surface area (Å²) in [7, 11) is -2.20. The van der Waals surface area contributed by atoms with Crippen molar-refractivity contribution in [3.8, 4) is 10.4 Å². The van der Waals surface area contributed by atoms with Gasteiger partial charge in [0.05, 0.1) is 63.1 Å². The van der Waals surface area contributed by atoms with Crippen molar-refractivity contribution in [1.29, 1.82) is 0 Å². The molecule has 0 spiro atoms. The SMILES string of the molecule is Cc1ncsc1-c1ccc(C2(C)N=C(C3CC(O)CN3C(=O)C(NC(=O)CCCCCCCCCCNC(=O)C3=C(CS(C)(=O)=O)c4ccn(C)c(=O)c4C4=C5C3=CN(c3ncc(F)cc3F)C5CCN4)C(C)(C)C)NC2=O)cc1. The van der Waals surface area contributed by atoms with Gasteiger partial charge in [0, 0.05) is 75.4 Å². The third-order valence-electron chi connectivity index (χ3n) is 15.7. The number of unbranched alkanes of at least 4 members (excludes halogenated alkanes) is 7. The fourth-order valence-corrected chi connectivity index (χ4v) is 13.1. The fourth-order valence-electron chi connectivity index (χ4n) is 11.5. The molecular weight excluding hydrogens is 1070 g/mol. The zero-order valence-electron chi connectivity index (χ0n) is 46.3. The maximum absolute atomic E-state index is 15.4. The Balaban J connectivity index is 0.763. The summed E-state index contributed by atoms with van der Waals surface area (Å²) in [5, 5.41) is 23.1. The molecule has 18 nitrogen and oxygen atoms in total. The predicted octanol–water partition coefficient (Wildman–Crippen LogP) is 6.34. The second kappa shape index (κ2) is 23.3. The highest BCUT2D eigenvalue weighted by molar-refractivity contribution is 7.91. The molecular formula is C58H70F2N10O8S2. The number of aliphatic imine (C=N–C) groups is 1. The van der Waals surface area contributed by atoms with Gasteiger partial charge in [-0.1, -0.05) is 83.6 Å². The fraction of sp³-hybridized carbons (Fsp3) is 0.483. The van der Waals surface area contributed by atoms with Gasteiger partial charge < -0.3 is 40.7 Å². The van der Waals surface area contributed by atoms with Crippen LogP contribution in [0, 0.1) is 24.0 Å². The van der Waals surface area contributed by atoms with E-state index in [4.69, 9.17) is 4.99 Å². The number of carbonyl (C=O) groups is 4. The van der Waals surface area contributed by atoms with Crippen molar-refractivity contribution < 1.29 is 41.5 Å². The number of hydrogen-bond donors (Lipinski definition) is 5. The van der Waals surface area contributed by atoms with Crippen LogP contribution in [0.3, 0.4) is 0 Å². The van der Waals surface area contributed by atoms with Gasteiger partial charge >= 0.3 is 0 Å². The number of rotatable bonds is 20. The Bertz CT molecular complexity index is 3420. The van der Waals surface area contributed by atoms with Crippen LogP contribution in [0.15, 0.2) is 87.0 Å². The van der Waals surface area contributed by atoms with Crippen molar-refractivity contribution in [3.05, 3.63) is 122 Å². The van der Waals surface area contributed by atoms with E-state index in [1.54, 1.807) is 43.1 Å². The van der Waals surface area contributed by atoms with Gasteiger partial charge in [0.15, 0.2) is 27.0 Å². The molecule has 5 unspecified atom stereocenters. The van der Waals surface area contributed by atoms with Gasteiger partial charge in [-0.25, -0.2) is 32.2 Å². The zero-order chi connectivity index (χ0) is 57.4. The van der Waals surface area contributed by atoms with Crippen LogP contribution in [-0.4, -0.2) is 118 Å². The molecule has 5 aliphatic rings. The Labute approximate surface area is 468 Å². The molecule has 0 bridgehead atoms. The molecule has 5 N–H and O–H groups in total. The van der Waals surface area contributed by atoms with E-state index in [-0.39, 0.29) is 66.2 Å². The molecule has 80 heavy (non-hydrogen) atoms. The van der Waals surface area contributed by atoms with Crippen LogP contribution in [0.25, 0.3) is 21.7 Å². The van der Waals surface area contributed by atoms with Crippen molar-refractivity contribution in [1.82, 2.24) is 40.7 Å². The standard InChI is InChI=1S/C58H70F2N10O8S2/c1-33-49(79-32-64-33)34-17-19-35(20-18-34)58(5)56(76)66-51(67-58)43-27-37(71)29-70(43)55(75)50(57(2,3)4)65-44(72)16-14-12-10-8-9-11-13-15-23-62-53(73)45-39-30-69(52-41(60)26-36(59)28-63-52)42-21-24-61-48(46(39)42)47-38(22-25-68(6)54(47)74)40(45)31-80(7,77)78/h17-20,22,25-26,28,30,32,37,42-43,50,61,71H,8-16,21,23-24,27,29,31H2,1-7H3,(H,62,73)(H,65,72)(H,66,67,76). The monoisotopic (exact) mass is 1140 g/mol. The highest BCUT2D eigenvalue weighted by atomic mass is 32.2. The molecule has 0 saturated carbocycles. The first-order valence-corrected chi connectivity index (χ1v) is 30.3. The van der Waals surface area contributed by atoms with Crippen molar-refractivity contribution in [3.63, 3.8) is 0 Å². The summed E-state index contributed by atoms with van der Waals surface area (Å²) in [6.07, 6.45) is 11.5. The van der Waals surface area contributed by atoms with Crippen LogP contribution in [0.1, 0.15) is 121 Å². The molecule has 3 aromatic heterocycles. The van der Waals surface area contributed by atoms with Crippen LogP contribution in [0.2, 0.25) is 0 Å². The molecule has 9 rings (SSSR count). The number of sulfone groups is 1. The van der Waals surface area contributed by atoms with E-state index in [0.29, 0.717) is 59.6 Å². The number of amides is 4. The summed E-state index contributed by atoms with van der Waals surface area (Å²) < 4.78 is 57.1. The number of pyridine rings is 2. The van der Waals surface area contributed by atoms with Crippen molar-refractivity contribution in [2.45, 2.75) is 135 Å². The lowest BCUT2D eigenvalue weighted by Crippen LogP contribution is -2.57. The van der Waals surface area contributed by atoms with Gasteiger partial charge in [-0.3, -0.25) is 24.0 Å². The molecule has 1 saturated heterocycles. The van der Waals surface area contributed by atoms with E-state index < -0.39 is 73.9 Å². The summed E-state index contributed by atoms with van der Waals surface area (Å²) in [5.41, 5.74) is 4.02. The number of halogens is 2. The number of aryl methyl sites for hydroxylation is 2. The lowest BCUT2D eigenvalue weighted by atomic mass is 9.85. The quantitative estimate of drug-likeness (QED) is 0.0610. The lowest BCUT2D eigenvalue weighted by molar-refractivity contribution is -0.139. The molecule has 4 aromatic rings. The topological polar surface area (TPSA) is 237 Å². The van der Waals surface area contributed by atoms with Gasteiger partial charge in [-0.05, 0) is 66.9 Å². The maximum Gasteiger partial charge on any atom is 0.260 e. The van der Waals surface area contributed by atoms with Gasteiger partial charge in [0.2, 0.25) is 11.8 Å². The minimum Gasteiger partial charge on any atom is -0.391 e. The third-order valence-corrected chi connectivity index (χ3v) is 17.5. The summed E-state index contributed by atoms with van der Waals surface area (Å²) >= 11 is 1.54. The Morgan fingerprint density at radius 3 is 2.35 bits per heavy atom. The number of aromatic nitrogens is 3. The average Bonchev–Trinajstić information content (AvgIpc) is 4.17. The van der Waals surface area contributed by atoms with Crippen LogP contribution < -0.4 is 31.7 Å². The van der Waals surface area contributed by atoms with Gasteiger partial charge in [-0.2, -0.15) is 0 Å². The molecule has 1 fully saturated rings. The molecule has 7 heterocycles. The number of amidine groups is 1. The molecule has 0 radical (unpaired) electrons. The normalized spacial score (nSPS) is 21.1. The van der Waals surface area contributed by atoms with Crippen molar-refractivity contribution in [2.75, 3.05) is 36.5 Å². The summed E-state index contributed by atoms with van der Waals surface area (Å²) in [4.78, 5) is 87.3. The molecule has 426 valence electrons. The van der Waals surface area contributed by atoms with E-state index in [9.17, 15) is 41.9 Å². The molecule has 1 aliphatic carbocycles. The van der Waals surface area contributed by atoms with Crippen LogP contribution in [0.5, 0.6) is 0 Å². The number of fused-ring (bicyclic) bond motifs is 2. The van der Waals surface area contributed by atoms with Crippen molar-refractivity contribution >= 4 is 67.7 Å². The molecule has 4 aliphatic heterocycles. The number of benzene rings is 1. The van der Waals surface area contributed by atoms with E-state index in [1.807, 2.05) is 52.0 Å². The molecule has 1 aromatic carbocycles. The maximum atomic E-state index is 15.4. The van der Waals surface area contributed by atoms with Gasteiger partial charge in [0.1, 0.15) is 17.7 Å². The van der Waals surface area contributed by atoms with Crippen LogP contribution >= 0.6 is 11.3 Å². The first-order chi connectivity index (χ1) is 37.9. The Kier molecular flexibility index (Phi) is 16.8. The largest absolute Gasteiger partial charge is 0.391 e. The number of aliphatic hydroxyl groups excluding tert-OH is 1. The van der Waals surface area contributed by atoms with Gasteiger partial charge in [-0.15, -0.1) is 11.3 Å². The summed E-state index contributed by atoms with van der Waals surface area (Å²) in [6.45, 7) is 9.98. The van der Waals surface area contributed by atoms with E-state index in [0.717, 1.165) is 73.2 Å². The Morgan fingerprint density at radius 1 is 0.988 bits per heavy atom. The molecule has 22 heteroatoms. The Morgan fingerprint density at radius 2 is 1.69 bits per heavy atom. The zero-order valence-corrected chi connectivity index (χ0v) is 47.9. The highest BCUT2D eigenvalue weighted by Gasteiger charge is 2.49. The number of nitrogens with zero attached hydrogens (tertiary/aromatic N) is 6. The van der Waals surface area contributed by atoms with E-state index >= 15 is 4.39 Å². The number of hydrogen-bond acceptors (Lipinski definition) is 14. The number of carbonyl (C=O) groups excluding carboxylic acids is 4. The van der Waals surface area contributed by atoms with Crippen molar-refractivity contribution in [2.24, 2.45) is 17.5 Å². The third kappa shape index (κ3) is 11.9. The van der Waals surface area contributed by atoms with Crippen LogP contribution in [-0.2, 0) is 41.6 Å². The number of β-amino-alcohol motifs (C(OH)–C–C–N with tert-alkyl or cyclic N) is 1. The Hall–Kier alpha value is -6.91. The minimum absolute atomic E-state index is 0.0275. The number of aliphatic hydroxyl groups is 1. The minimum atomic E-state index is -3.78. The molecule has 5 atom stereocenters. The molecule has 4 amide bonds. The first kappa shape index (κ1) is 57.8. The number of nitrogens with one attached hydrogen (secondary N) is 4. The lowest BCUT2D eigenvalue weighted by Gasteiger charge is -2.35.